The highest BCUT2D eigenvalue weighted by atomic mass is 35.5. The fourth-order valence-corrected chi connectivity index (χ4v) is 3.55. The lowest BCUT2D eigenvalue weighted by atomic mass is 10.1. The zero-order valence-corrected chi connectivity index (χ0v) is 17.7. The van der Waals surface area contributed by atoms with Gasteiger partial charge in [-0.15, -0.1) is 0 Å². The molecular weight excluding hydrogens is 466 g/mol. The summed E-state index contributed by atoms with van der Waals surface area (Å²) in [5, 5.41) is 13.3. The number of benzene rings is 1. The van der Waals surface area contributed by atoms with Crippen LogP contribution in [0.1, 0.15) is 34.1 Å². The van der Waals surface area contributed by atoms with Crippen molar-refractivity contribution in [2.75, 3.05) is 0 Å². The first-order valence-electron chi connectivity index (χ1n) is 9.53. The molecular formula is C21H14ClF4N5O2. The first-order chi connectivity index (χ1) is 15.6. The number of carbonyl (C=O) groups excluding carboxylic acids is 1. The van der Waals surface area contributed by atoms with E-state index in [-0.39, 0.29) is 35.0 Å². The van der Waals surface area contributed by atoms with Gasteiger partial charge >= 0.3 is 6.18 Å². The molecule has 3 heterocycles. The van der Waals surface area contributed by atoms with Crippen molar-refractivity contribution in [1.82, 2.24) is 19.7 Å². The number of halogens is 5. The molecule has 1 aliphatic rings. The average Bonchev–Trinajstić information content (AvgIpc) is 3.33. The molecule has 1 aliphatic heterocycles. The normalized spacial score (nSPS) is 14.0. The Balaban J connectivity index is 1.61. The van der Waals surface area contributed by atoms with Crippen molar-refractivity contribution in [1.29, 1.82) is 5.26 Å². The summed E-state index contributed by atoms with van der Waals surface area (Å²) < 4.78 is 58.5. The zero-order valence-electron chi connectivity index (χ0n) is 16.9. The van der Waals surface area contributed by atoms with Crippen LogP contribution in [0.5, 0.6) is 5.75 Å². The van der Waals surface area contributed by atoms with Gasteiger partial charge in [0.05, 0.1) is 29.0 Å². The van der Waals surface area contributed by atoms with E-state index < -0.39 is 24.0 Å². The van der Waals surface area contributed by atoms with Crippen molar-refractivity contribution in [2.45, 2.75) is 32.3 Å². The van der Waals surface area contributed by atoms with E-state index in [1.807, 2.05) is 0 Å². The molecule has 1 atom stereocenters. The van der Waals surface area contributed by atoms with Gasteiger partial charge in [0.2, 0.25) is 0 Å². The molecule has 4 rings (SSSR count). The molecule has 0 aliphatic carbocycles. The third-order valence-electron chi connectivity index (χ3n) is 5.02. The third-order valence-corrected chi connectivity index (χ3v) is 5.41. The van der Waals surface area contributed by atoms with E-state index in [1.165, 1.54) is 27.8 Å². The van der Waals surface area contributed by atoms with E-state index in [0.29, 0.717) is 17.1 Å². The number of fused-ring (bicyclic) bond motifs is 1. The number of nitrogens with zero attached hydrogens (tertiary/aromatic N) is 5. The van der Waals surface area contributed by atoms with Gasteiger partial charge in [-0.1, -0.05) is 11.6 Å². The maximum atomic E-state index is 13.2. The highest BCUT2D eigenvalue weighted by Crippen LogP contribution is 2.35. The smallest absolute Gasteiger partial charge is 0.425 e. The molecule has 12 heteroatoms. The van der Waals surface area contributed by atoms with Crippen LogP contribution in [-0.4, -0.2) is 37.9 Å². The summed E-state index contributed by atoms with van der Waals surface area (Å²) in [5.41, 5.74) is 0.808. The summed E-state index contributed by atoms with van der Waals surface area (Å²) in [6.07, 6.45) is -4.19. The van der Waals surface area contributed by atoms with Crippen molar-refractivity contribution in [3.8, 4) is 17.6 Å². The fourth-order valence-electron chi connectivity index (χ4n) is 3.27. The molecule has 0 bridgehead atoms. The van der Waals surface area contributed by atoms with Crippen molar-refractivity contribution in [3.05, 3.63) is 69.9 Å². The van der Waals surface area contributed by atoms with Crippen molar-refractivity contribution in [3.63, 3.8) is 0 Å². The van der Waals surface area contributed by atoms with Gasteiger partial charge in [-0.05, 0) is 31.2 Å². The molecule has 1 aromatic carbocycles. The van der Waals surface area contributed by atoms with Crippen molar-refractivity contribution in [2.24, 2.45) is 0 Å². The van der Waals surface area contributed by atoms with Crippen LogP contribution in [0.25, 0.3) is 5.82 Å². The fraction of sp³-hybridized carbons (Fsp3) is 0.238. The Kier molecular flexibility index (Phi) is 5.71. The Morgan fingerprint density at radius 2 is 2.03 bits per heavy atom. The maximum Gasteiger partial charge on any atom is 0.425 e. The summed E-state index contributed by atoms with van der Waals surface area (Å²) in [7, 11) is 0. The monoisotopic (exact) mass is 479 g/mol. The Bertz CT molecular complexity index is 1240. The van der Waals surface area contributed by atoms with Gasteiger partial charge < -0.3 is 9.64 Å². The second-order valence-electron chi connectivity index (χ2n) is 7.26. The Morgan fingerprint density at radius 1 is 1.27 bits per heavy atom. The number of ether oxygens (including phenoxy) is 1. The summed E-state index contributed by atoms with van der Waals surface area (Å²) >= 11 is 6.20. The molecule has 0 fully saturated rings. The summed E-state index contributed by atoms with van der Waals surface area (Å²) in [6.45, 7) is 0.943. The van der Waals surface area contributed by atoms with Crippen LogP contribution in [0.2, 0.25) is 5.02 Å². The van der Waals surface area contributed by atoms with E-state index >= 15 is 0 Å². The topological polar surface area (TPSA) is 84.0 Å². The number of carbonyl (C=O) groups is 1. The lowest BCUT2D eigenvalue weighted by molar-refractivity contribution is -0.189. The Hall–Kier alpha value is -3.65. The summed E-state index contributed by atoms with van der Waals surface area (Å²) in [4.78, 5) is 18.5. The lowest BCUT2D eigenvalue weighted by Gasteiger charge is -2.23. The van der Waals surface area contributed by atoms with E-state index in [0.717, 1.165) is 19.2 Å². The highest BCUT2D eigenvalue weighted by Gasteiger charge is 2.39. The number of hydrogen-bond donors (Lipinski definition) is 0. The van der Waals surface area contributed by atoms with Crippen molar-refractivity contribution >= 4 is 17.5 Å². The van der Waals surface area contributed by atoms with Crippen LogP contribution in [0.3, 0.4) is 0 Å². The molecule has 170 valence electrons. The number of rotatable bonds is 4. The van der Waals surface area contributed by atoms with E-state index in [2.05, 4.69) is 10.1 Å². The largest absolute Gasteiger partial charge is 0.480 e. The van der Waals surface area contributed by atoms with Gasteiger partial charge in [0.25, 0.3) is 5.91 Å². The molecule has 33 heavy (non-hydrogen) atoms. The maximum absolute atomic E-state index is 13.2. The van der Waals surface area contributed by atoms with Gasteiger partial charge in [0.15, 0.2) is 11.9 Å². The molecule has 0 unspecified atom stereocenters. The number of hydrogen-bond acceptors (Lipinski definition) is 5. The highest BCUT2D eigenvalue weighted by molar-refractivity contribution is 6.35. The number of amides is 1. The lowest BCUT2D eigenvalue weighted by Crippen LogP contribution is -2.33. The van der Waals surface area contributed by atoms with Crippen LogP contribution in [0, 0.1) is 17.1 Å². The van der Waals surface area contributed by atoms with Crippen LogP contribution >= 0.6 is 11.6 Å². The van der Waals surface area contributed by atoms with Crippen molar-refractivity contribution < 1.29 is 27.1 Å². The van der Waals surface area contributed by atoms with E-state index in [4.69, 9.17) is 16.3 Å². The predicted octanol–water partition coefficient (Wildman–Crippen LogP) is 4.42. The predicted molar refractivity (Wildman–Crippen MR) is 107 cm³/mol. The molecule has 2 aromatic heterocycles. The standard InChI is InChI=1S/C21H14ClF4N5O2/c1-11(21(24,25)26)33-16-4-2-12(6-27)19(22)18(16)20(32)30-8-13-9-31(29-15(13)10-30)17-5-3-14(23)7-28-17/h2-5,7,9,11H,8,10H2,1H3/t11-/m0/s1. The summed E-state index contributed by atoms with van der Waals surface area (Å²) in [6, 6.07) is 6.79. The molecule has 0 saturated heterocycles. The molecule has 0 spiro atoms. The molecule has 0 saturated carbocycles. The first-order valence-corrected chi connectivity index (χ1v) is 9.91. The molecule has 7 nitrogen and oxygen atoms in total. The number of aromatic nitrogens is 3. The number of pyridine rings is 1. The zero-order chi connectivity index (χ0) is 23.9. The minimum Gasteiger partial charge on any atom is -0.480 e. The minimum atomic E-state index is -4.66. The second kappa shape index (κ2) is 8.37. The van der Waals surface area contributed by atoms with Crippen LogP contribution < -0.4 is 4.74 Å². The van der Waals surface area contributed by atoms with Gasteiger partial charge in [0, 0.05) is 18.3 Å². The van der Waals surface area contributed by atoms with Crippen LogP contribution in [-0.2, 0) is 13.1 Å². The van der Waals surface area contributed by atoms with E-state index in [9.17, 15) is 27.6 Å². The Morgan fingerprint density at radius 3 is 2.64 bits per heavy atom. The Labute approximate surface area is 189 Å². The van der Waals surface area contributed by atoms with E-state index in [1.54, 1.807) is 12.3 Å². The SMILES string of the molecule is C[C@H](Oc1ccc(C#N)c(Cl)c1C(=O)N1Cc2cn(-c3ccc(F)cn3)nc2C1)C(F)(F)F. The van der Waals surface area contributed by atoms with Gasteiger partial charge in [-0.25, -0.2) is 14.1 Å². The van der Waals surface area contributed by atoms with Crippen LogP contribution in [0.4, 0.5) is 17.6 Å². The molecule has 1 amide bonds. The number of alkyl halides is 3. The van der Waals surface area contributed by atoms with Gasteiger partial charge in [-0.2, -0.15) is 23.5 Å². The van der Waals surface area contributed by atoms with Gasteiger partial charge in [-0.3, -0.25) is 4.79 Å². The first kappa shape index (κ1) is 22.5. The molecule has 3 aromatic rings. The average molecular weight is 480 g/mol. The minimum absolute atomic E-state index is 0.0454. The van der Waals surface area contributed by atoms with Crippen LogP contribution in [0.15, 0.2) is 36.7 Å². The molecule has 0 N–H and O–H groups in total. The quantitative estimate of drug-likeness (QED) is 0.517. The molecule has 0 radical (unpaired) electrons. The summed E-state index contributed by atoms with van der Waals surface area (Å²) in [5.74, 6) is -1.19. The second-order valence-corrected chi connectivity index (χ2v) is 7.63. The third kappa shape index (κ3) is 4.34. The van der Waals surface area contributed by atoms with Gasteiger partial charge in [0.1, 0.15) is 23.2 Å². The number of nitriles is 1.